The van der Waals surface area contributed by atoms with Crippen LogP contribution in [0.1, 0.15) is 24.8 Å². The Balaban J connectivity index is 2.69. The van der Waals surface area contributed by atoms with E-state index >= 15 is 0 Å². The highest BCUT2D eigenvalue weighted by Gasteiger charge is 2.24. The standard InChI is InChI=1S/C15H23N3OS/c1-11(9-10-18(2)3)17-15(19)13(14(16)20)12-7-5-4-6-8-12/h4-8,11,13H,9-10H2,1-3H3,(H2,16,20)(H,17,19). The molecule has 0 fully saturated rings. The second-order valence-electron chi connectivity index (χ2n) is 5.25. The van der Waals surface area contributed by atoms with Crippen LogP contribution in [0, 0.1) is 0 Å². The Kier molecular flexibility index (Phi) is 6.61. The van der Waals surface area contributed by atoms with E-state index in [1.807, 2.05) is 51.4 Å². The Morgan fingerprint density at radius 1 is 1.35 bits per heavy atom. The molecule has 0 aliphatic carbocycles. The van der Waals surface area contributed by atoms with Crippen molar-refractivity contribution >= 4 is 23.1 Å². The number of nitrogens with zero attached hydrogens (tertiary/aromatic N) is 1. The zero-order valence-corrected chi connectivity index (χ0v) is 13.1. The molecule has 2 unspecified atom stereocenters. The summed E-state index contributed by atoms with van der Waals surface area (Å²) < 4.78 is 0. The van der Waals surface area contributed by atoms with E-state index in [1.165, 1.54) is 0 Å². The molecular formula is C15H23N3OS. The first-order valence-corrected chi connectivity index (χ1v) is 7.12. The molecule has 0 saturated heterocycles. The van der Waals surface area contributed by atoms with Gasteiger partial charge in [-0.15, -0.1) is 0 Å². The summed E-state index contributed by atoms with van der Waals surface area (Å²) in [4.78, 5) is 14.6. The van der Waals surface area contributed by atoms with E-state index in [0.29, 0.717) is 0 Å². The molecule has 110 valence electrons. The van der Waals surface area contributed by atoms with Gasteiger partial charge >= 0.3 is 0 Å². The molecule has 0 aliphatic heterocycles. The lowest BCUT2D eigenvalue weighted by molar-refractivity contribution is -0.121. The molecule has 0 heterocycles. The molecular weight excluding hydrogens is 270 g/mol. The van der Waals surface area contributed by atoms with Crippen LogP contribution in [0.5, 0.6) is 0 Å². The van der Waals surface area contributed by atoms with Crippen molar-refractivity contribution in [2.45, 2.75) is 25.3 Å². The third-order valence-electron chi connectivity index (χ3n) is 3.08. The molecule has 0 saturated carbocycles. The van der Waals surface area contributed by atoms with E-state index in [4.69, 9.17) is 18.0 Å². The van der Waals surface area contributed by atoms with Crippen molar-refractivity contribution in [3.8, 4) is 0 Å². The molecule has 0 spiro atoms. The maximum Gasteiger partial charge on any atom is 0.234 e. The van der Waals surface area contributed by atoms with E-state index in [1.54, 1.807) is 0 Å². The number of nitrogens with two attached hydrogens (primary N) is 1. The van der Waals surface area contributed by atoms with E-state index in [2.05, 4.69) is 10.2 Å². The Bertz CT molecular complexity index is 448. The molecule has 0 aliphatic rings. The Morgan fingerprint density at radius 3 is 2.45 bits per heavy atom. The van der Waals surface area contributed by atoms with Gasteiger partial charge in [-0.2, -0.15) is 0 Å². The number of carbonyl (C=O) groups is 1. The first-order valence-electron chi connectivity index (χ1n) is 6.71. The van der Waals surface area contributed by atoms with Gasteiger partial charge in [0.2, 0.25) is 5.91 Å². The van der Waals surface area contributed by atoms with Gasteiger partial charge in [0.05, 0.1) is 4.99 Å². The second-order valence-corrected chi connectivity index (χ2v) is 5.72. The number of hydrogen-bond acceptors (Lipinski definition) is 3. The molecule has 1 rings (SSSR count). The van der Waals surface area contributed by atoms with Gasteiger partial charge in [-0.25, -0.2) is 0 Å². The molecule has 0 bridgehead atoms. The molecule has 20 heavy (non-hydrogen) atoms. The van der Waals surface area contributed by atoms with E-state index in [-0.39, 0.29) is 16.9 Å². The Morgan fingerprint density at radius 2 is 1.95 bits per heavy atom. The molecule has 1 amide bonds. The molecule has 0 radical (unpaired) electrons. The molecule has 3 N–H and O–H groups in total. The number of benzene rings is 1. The van der Waals surface area contributed by atoms with Gasteiger partial charge in [0.25, 0.3) is 0 Å². The van der Waals surface area contributed by atoms with Crippen LogP contribution in [-0.4, -0.2) is 42.5 Å². The molecule has 5 heteroatoms. The van der Waals surface area contributed by atoms with Crippen LogP contribution in [0.4, 0.5) is 0 Å². The summed E-state index contributed by atoms with van der Waals surface area (Å²) in [6, 6.07) is 9.48. The number of thiocarbonyl (C=S) groups is 1. The van der Waals surface area contributed by atoms with E-state index in [9.17, 15) is 4.79 Å². The maximum absolute atomic E-state index is 12.3. The summed E-state index contributed by atoms with van der Waals surface area (Å²) in [5.74, 6) is -0.692. The topological polar surface area (TPSA) is 58.4 Å². The zero-order valence-electron chi connectivity index (χ0n) is 12.3. The highest BCUT2D eigenvalue weighted by Crippen LogP contribution is 2.16. The molecule has 4 nitrogen and oxygen atoms in total. The highest BCUT2D eigenvalue weighted by molar-refractivity contribution is 7.80. The quantitative estimate of drug-likeness (QED) is 0.748. The summed E-state index contributed by atoms with van der Waals surface area (Å²) in [6.07, 6.45) is 0.886. The lowest BCUT2D eigenvalue weighted by Crippen LogP contribution is -2.41. The average Bonchev–Trinajstić information content (AvgIpc) is 2.37. The van der Waals surface area contributed by atoms with Crippen molar-refractivity contribution in [1.82, 2.24) is 10.2 Å². The van der Waals surface area contributed by atoms with Crippen LogP contribution in [0.2, 0.25) is 0 Å². The zero-order chi connectivity index (χ0) is 15.1. The normalized spacial score (nSPS) is 13.8. The molecule has 0 aromatic heterocycles. The highest BCUT2D eigenvalue weighted by atomic mass is 32.1. The predicted molar refractivity (Wildman–Crippen MR) is 86.7 cm³/mol. The minimum absolute atomic E-state index is 0.0884. The van der Waals surface area contributed by atoms with Crippen molar-refractivity contribution < 1.29 is 4.79 Å². The lowest BCUT2D eigenvalue weighted by atomic mass is 9.98. The van der Waals surface area contributed by atoms with Crippen molar-refractivity contribution in [3.05, 3.63) is 35.9 Å². The Hall–Kier alpha value is -1.46. The summed E-state index contributed by atoms with van der Waals surface area (Å²) in [5, 5.41) is 2.98. The lowest BCUT2D eigenvalue weighted by Gasteiger charge is -2.21. The number of carbonyl (C=O) groups excluding carboxylic acids is 1. The third kappa shape index (κ3) is 5.27. The average molecular weight is 293 g/mol. The number of nitrogens with one attached hydrogen (secondary N) is 1. The first-order chi connectivity index (χ1) is 9.41. The number of hydrogen-bond donors (Lipinski definition) is 2. The molecule has 1 aromatic rings. The van der Waals surface area contributed by atoms with Gasteiger partial charge < -0.3 is 16.0 Å². The van der Waals surface area contributed by atoms with Gasteiger partial charge in [0, 0.05) is 6.04 Å². The van der Waals surface area contributed by atoms with Gasteiger partial charge in [-0.1, -0.05) is 42.5 Å². The minimum atomic E-state index is -0.562. The fourth-order valence-electron chi connectivity index (χ4n) is 1.94. The van der Waals surface area contributed by atoms with Crippen molar-refractivity contribution in [2.75, 3.05) is 20.6 Å². The van der Waals surface area contributed by atoms with Crippen molar-refractivity contribution in [3.63, 3.8) is 0 Å². The summed E-state index contributed by atoms with van der Waals surface area (Å²) in [6.45, 7) is 2.91. The maximum atomic E-state index is 12.3. The van der Waals surface area contributed by atoms with Gasteiger partial charge in [0.1, 0.15) is 5.92 Å². The van der Waals surface area contributed by atoms with E-state index in [0.717, 1.165) is 18.5 Å². The first kappa shape index (κ1) is 16.6. The largest absolute Gasteiger partial charge is 0.392 e. The smallest absolute Gasteiger partial charge is 0.234 e. The molecule has 1 aromatic carbocycles. The van der Waals surface area contributed by atoms with Crippen molar-refractivity contribution in [2.24, 2.45) is 5.73 Å². The van der Waals surface area contributed by atoms with Crippen LogP contribution in [0.15, 0.2) is 30.3 Å². The number of rotatable bonds is 7. The van der Waals surface area contributed by atoms with Crippen molar-refractivity contribution in [1.29, 1.82) is 0 Å². The minimum Gasteiger partial charge on any atom is -0.392 e. The SMILES string of the molecule is CC(CCN(C)C)NC(=O)C(C(N)=S)c1ccccc1. The predicted octanol–water partition coefficient (Wildman–Crippen LogP) is 1.51. The van der Waals surface area contributed by atoms with Gasteiger partial charge in [-0.05, 0) is 39.5 Å². The Labute approximate surface area is 126 Å². The molecule has 2 atom stereocenters. The van der Waals surface area contributed by atoms with Crippen LogP contribution in [0.25, 0.3) is 0 Å². The summed E-state index contributed by atoms with van der Waals surface area (Å²) in [5.41, 5.74) is 6.56. The second kappa shape index (κ2) is 7.97. The van der Waals surface area contributed by atoms with Crippen LogP contribution in [0.3, 0.4) is 0 Å². The van der Waals surface area contributed by atoms with Crippen LogP contribution in [-0.2, 0) is 4.79 Å². The van der Waals surface area contributed by atoms with Gasteiger partial charge in [0.15, 0.2) is 0 Å². The fraction of sp³-hybridized carbons (Fsp3) is 0.467. The monoisotopic (exact) mass is 293 g/mol. The summed E-state index contributed by atoms with van der Waals surface area (Å²) >= 11 is 5.04. The fourth-order valence-corrected chi connectivity index (χ4v) is 2.18. The van der Waals surface area contributed by atoms with Crippen LogP contribution >= 0.6 is 12.2 Å². The van der Waals surface area contributed by atoms with E-state index < -0.39 is 5.92 Å². The number of amides is 1. The third-order valence-corrected chi connectivity index (χ3v) is 3.31. The summed E-state index contributed by atoms with van der Waals surface area (Å²) in [7, 11) is 4.02. The van der Waals surface area contributed by atoms with Crippen LogP contribution < -0.4 is 11.1 Å². The van der Waals surface area contributed by atoms with Gasteiger partial charge in [-0.3, -0.25) is 4.79 Å².